The Balaban J connectivity index is 0.000000189. The summed E-state index contributed by atoms with van der Waals surface area (Å²) in [6.45, 7) is 8.99. The van der Waals surface area contributed by atoms with Crippen LogP contribution >= 0.6 is 0 Å². The number of benzene rings is 1. The van der Waals surface area contributed by atoms with Crippen molar-refractivity contribution in [2.45, 2.75) is 65.7 Å². The normalized spacial score (nSPS) is 20.4. The number of hydrogen-bond acceptors (Lipinski definition) is 3. The average molecular weight is 374 g/mol. The van der Waals surface area contributed by atoms with Crippen molar-refractivity contribution in [1.29, 1.82) is 0 Å². The van der Waals surface area contributed by atoms with Crippen molar-refractivity contribution in [1.82, 2.24) is 4.90 Å². The van der Waals surface area contributed by atoms with Gasteiger partial charge in [-0.25, -0.2) is 0 Å². The van der Waals surface area contributed by atoms with Crippen LogP contribution in [-0.4, -0.2) is 31.7 Å². The van der Waals surface area contributed by atoms with Gasteiger partial charge in [0, 0.05) is 25.2 Å². The number of rotatable bonds is 6. The van der Waals surface area contributed by atoms with Crippen LogP contribution in [0.3, 0.4) is 0 Å². The standard InChI is InChI=1S/C13H18O2.C9H15N.C2H6/c1-2-9-14-12-5-3-4-6-13(12)15-10-11-7-8-11;1-10-7-6-8-4-2-3-5-9(8)10;1-2/h3-6,11H,2,7-10H2,1H3;5,8H,2-4,6-7H2,1H3;1-2H3. The van der Waals surface area contributed by atoms with E-state index >= 15 is 0 Å². The number of fused-ring (bicyclic) bond motifs is 1. The number of likely N-dealkylation sites (tertiary alicyclic amines) is 1. The Morgan fingerprint density at radius 2 is 1.70 bits per heavy atom. The molecule has 1 unspecified atom stereocenters. The second kappa shape index (κ2) is 11.9. The summed E-state index contributed by atoms with van der Waals surface area (Å²) in [4.78, 5) is 2.42. The van der Waals surface area contributed by atoms with Crippen LogP contribution in [0.15, 0.2) is 36.0 Å². The largest absolute Gasteiger partial charge is 0.490 e. The Morgan fingerprint density at radius 1 is 1.00 bits per heavy atom. The lowest BCUT2D eigenvalue weighted by Gasteiger charge is -2.20. The summed E-state index contributed by atoms with van der Waals surface area (Å²) in [5.41, 5.74) is 1.63. The molecule has 3 nitrogen and oxygen atoms in total. The molecule has 2 aliphatic carbocycles. The quantitative estimate of drug-likeness (QED) is 0.584. The third-order valence-corrected chi connectivity index (χ3v) is 5.26. The van der Waals surface area contributed by atoms with Crippen LogP contribution in [-0.2, 0) is 0 Å². The molecule has 1 saturated heterocycles. The molecular formula is C24H39NO2. The highest BCUT2D eigenvalue weighted by Crippen LogP contribution is 2.34. The van der Waals surface area contributed by atoms with Crippen molar-refractivity contribution >= 4 is 0 Å². The predicted octanol–water partition coefficient (Wildman–Crippen LogP) is 6.30. The van der Waals surface area contributed by atoms with Gasteiger partial charge in [0.1, 0.15) is 0 Å². The first-order chi connectivity index (χ1) is 13.3. The van der Waals surface area contributed by atoms with Crippen LogP contribution in [0.1, 0.15) is 65.7 Å². The molecule has 3 aliphatic rings. The molecule has 0 spiro atoms. The van der Waals surface area contributed by atoms with Crippen molar-refractivity contribution in [3.05, 3.63) is 36.0 Å². The van der Waals surface area contributed by atoms with Crippen molar-refractivity contribution < 1.29 is 9.47 Å². The van der Waals surface area contributed by atoms with E-state index < -0.39 is 0 Å². The molecule has 1 saturated carbocycles. The zero-order valence-corrected chi connectivity index (χ0v) is 17.9. The minimum Gasteiger partial charge on any atom is -0.490 e. The van der Waals surface area contributed by atoms with Crippen molar-refractivity contribution in [2.24, 2.45) is 11.8 Å². The molecule has 1 atom stereocenters. The number of hydrogen-bond donors (Lipinski definition) is 0. The van der Waals surface area contributed by atoms with Crippen LogP contribution in [0.4, 0.5) is 0 Å². The zero-order chi connectivity index (χ0) is 19.5. The Morgan fingerprint density at radius 3 is 2.33 bits per heavy atom. The van der Waals surface area contributed by atoms with E-state index in [1.807, 2.05) is 38.1 Å². The summed E-state index contributed by atoms with van der Waals surface area (Å²) in [7, 11) is 2.22. The molecule has 0 bridgehead atoms. The number of allylic oxidation sites excluding steroid dienone is 2. The van der Waals surface area contributed by atoms with Gasteiger partial charge >= 0.3 is 0 Å². The molecule has 4 rings (SSSR count). The van der Waals surface area contributed by atoms with Gasteiger partial charge < -0.3 is 14.4 Å². The van der Waals surface area contributed by atoms with Crippen LogP contribution in [0.5, 0.6) is 11.5 Å². The number of para-hydroxylation sites is 2. The predicted molar refractivity (Wildman–Crippen MR) is 114 cm³/mol. The Labute approximate surface area is 166 Å². The van der Waals surface area contributed by atoms with Gasteiger partial charge in [0.05, 0.1) is 13.2 Å². The fourth-order valence-corrected chi connectivity index (χ4v) is 3.56. The molecule has 27 heavy (non-hydrogen) atoms. The van der Waals surface area contributed by atoms with Crippen LogP contribution < -0.4 is 9.47 Å². The molecule has 2 fully saturated rings. The summed E-state index contributed by atoms with van der Waals surface area (Å²) < 4.78 is 11.3. The lowest BCUT2D eigenvalue weighted by molar-refractivity contribution is 0.260. The molecule has 1 heterocycles. The minimum atomic E-state index is 0.754. The Hall–Kier alpha value is -1.64. The van der Waals surface area contributed by atoms with Crippen molar-refractivity contribution in [3.63, 3.8) is 0 Å². The van der Waals surface area contributed by atoms with Gasteiger partial charge in [0.25, 0.3) is 0 Å². The van der Waals surface area contributed by atoms with Gasteiger partial charge in [-0.1, -0.05) is 39.0 Å². The Kier molecular flexibility index (Phi) is 9.58. The fourth-order valence-electron chi connectivity index (χ4n) is 3.56. The second-order valence-electron chi connectivity index (χ2n) is 7.52. The van der Waals surface area contributed by atoms with Gasteiger partial charge in [-0.15, -0.1) is 0 Å². The molecule has 3 heteroatoms. The lowest BCUT2D eigenvalue weighted by atomic mass is 9.93. The maximum absolute atomic E-state index is 5.73. The molecule has 0 N–H and O–H groups in total. The monoisotopic (exact) mass is 373 g/mol. The molecule has 1 aliphatic heterocycles. The molecule has 0 radical (unpaired) electrons. The fraction of sp³-hybridized carbons (Fsp3) is 0.667. The number of nitrogens with zero attached hydrogens (tertiary/aromatic N) is 1. The summed E-state index contributed by atoms with van der Waals surface area (Å²) in [6.07, 6.45) is 11.7. The SMILES string of the molecule is CC.CCCOc1ccccc1OCC1CC1.CN1CCC2CCCC=C21. The first kappa shape index (κ1) is 21.7. The van der Waals surface area contributed by atoms with E-state index in [4.69, 9.17) is 9.47 Å². The van der Waals surface area contributed by atoms with E-state index in [1.54, 1.807) is 5.70 Å². The highest BCUT2D eigenvalue weighted by Gasteiger charge is 2.26. The van der Waals surface area contributed by atoms with E-state index in [2.05, 4.69) is 24.9 Å². The topological polar surface area (TPSA) is 21.7 Å². The summed E-state index contributed by atoms with van der Waals surface area (Å²) in [5.74, 6) is 3.47. The molecular weight excluding hydrogens is 334 g/mol. The second-order valence-corrected chi connectivity index (χ2v) is 7.52. The molecule has 0 amide bonds. The third-order valence-electron chi connectivity index (χ3n) is 5.26. The van der Waals surface area contributed by atoms with Crippen molar-refractivity contribution in [2.75, 3.05) is 26.8 Å². The maximum atomic E-state index is 5.73. The molecule has 152 valence electrons. The van der Waals surface area contributed by atoms with Gasteiger partial charge in [0.15, 0.2) is 11.5 Å². The first-order valence-electron chi connectivity index (χ1n) is 11.0. The maximum Gasteiger partial charge on any atom is 0.161 e. The lowest BCUT2D eigenvalue weighted by Crippen LogP contribution is -2.13. The zero-order valence-electron chi connectivity index (χ0n) is 17.9. The van der Waals surface area contributed by atoms with Gasteiger partial charge in [-0.3, -0.25) is 0 Å². The third kappa shape index (κ3) is 7.12. The van der Waals surface area contributed by atoms with E-state index in [9.17, 15) is 0 Å². The minimum absolute atomic E-state index is 0.754. The van der Waals surface area contributed by atoms with Crippen LogP contribution in [0, 0.1) is 11.8 Å². The highest BCUT2D eigenvalue weighted by molar-refractivity contribution is 5.39. The van der Waals surface area contributed by atoms with Gasteiger partial charge in [-0.2, -0.15) is 0 Å². The highest BCUT2D eigenvalue weighted by atomic mass is 16.5. The number of ether oxygens (including phenoxy) is 2. The summed E-state index contributed by atoms with van der Waals surface area (Å²) in [6, 6.07) is 7.92. The van der Waals surface area contributed by atoms with Crippen LogP contribution in [0.2, 0.25) is 0 Å². The van der Waals surface area contributed by atoms with Gasteiger partial charge in [0.2, 0.25) is 0 Å². The van der Waals surface area contributed by atoms with E-state index in [0.717, 1.165) is 43.0 Å². The molecule has 1 aromatic carbocycles. The molecule has 0 aromatic heterocycles. The van der Waals surface area contributed by atoms with Crippen molar-refractivity contribution in [3.8, 4) is 11.5 Å². The first-order valence-corrected chi connectivity index (χ1v) is 11.0. The van der Waals surface area contributed by atoms with Gasteiger partial charge in [-0.05, 0) is 63.0 Å². The van der Waals surface area contributed by atoms with Crippen LogP contribution in [0.25, 0.3) is 0 Å². The smallest absolute Gasteiger partial charge is 0.161 e. The van der Waals surface area contributed by atoms with E-state index in [-0.39, 0.29) is 0 Å². The summed E-state index contributed by atoms with van der Waals surface area (Å²) >= 11 is 0. The van der Waals surface area contributed by atoms with E-state index in [1.165, 1.54) is 45.1 Å². The summed E-state index contributed by atoms with van der Waals surface area (Å²) in [5, 5.41) is 0. The Bertz CT molecular complexity index is 565. The average Bonchev–Trinajstić information content (AvgIpc) is 3.49. The molecule has 1 aromatic rings. The van der Waals surface area contributed by atoms with E-state index in [0.29, 0.717) is 0 Å².